The van der Waals surface area contributed by atoms with E-state index in [2.05, 4.69) is 36.6 Å². The SMILES string of the molecule is CNc1cc(Nc2ccc(-c3cncn3C)cc2N(C)SC)c2[nH]c(C(F)F)nc2n1. The minimum absolute atomic E-state index is 0.218. The van der Waals surface area contributed by atoms with Crippen LogP contribution in [0, 0.1) is 0 Å². The molecule has 31 heavy (non-hydrogen) atoms. The van der Waals surface area contributed by atoms with Crippen LogP contribution >= 0.6 is 11.9 Å². The van der Waals surface area contributed by atoms with Crippen LogP contribution in [-0.4, -0.2) is 44.9 Å². The molecule has 11 heteroatoms. The molecule has 3 N–H and O–H groups in total. The summed E-state index contributed by atoms with van der Waals surface area (Å²) in [6.45, 7) is 0. The second-order valence-electron chi connectivity index (χ2n) is 6.85. The van der Waals surface area contributed by atoms with Crippen molar-refractivity contribution in [1.29, 1.82) is 0 Å². The Hall–Kier alpha value is -3.34. The fourth-order valence-corrected chi connectivity index (χ4v) is 3.62. The summed E-state index contributed by atoms with van der Waals surface area (Å²) in [6, 6.07) is 7.77. The van der Waals surface area contributed by atoms with Gasteiger partial charge in [-0.25, -0.2) is 23.7 Å². The van der Waals surface area contributed by atoms with Crippen LogP contribution in [0.4, 0.5) is 31.7 Å². The van der Waals surface area contributed by atoms with Crippen molar-refractivity contribution in [3.05, 3.63) is 42.6 Å². The van der Waals surface area contributed by atoms with Crippen molar-refractivity contribution in [3.8, 4) is 11.3 Å². The standard InChI is InChI=1S/C20H22F2N8S/c1-23-16-8-13(17-19(26-16)28-20(27-17)18(21)22)25-12-6-5-11(7-14(12)30(3)31-4)15-9-24-10-29(15)2/h5-10,18H,1-4H3,(H3,23,25,26,27,28). The van der Waals surface area contributed by atoms with E-state index in [1.165, 1.54) is 0 Å². The van der Waals surface area contributed by atoms with E-state index in [1.54, 1.807) is 31.4 Å². The van der Waals surface area contributed by atoms with Crippen molar-refractivity contribution in [2.24, 2.45) is 7.05 Å². The highest BCUT2D eigenvalue weighted by Gasteiger charge is 2.18. The summed E-state index contributed by atoms with van der Waals surface area (Å²) in [5, 5.41) is 6.32. The van der Waals surface area contributed by atoms with Crippen LogP contribution in [0.25, 0.3) is 22.4 Å². The third-order valence-corrected chi connectivity index (χ3v) is 5.68. The van der Waals surface area contributed by atoms with Gasteiger partial charge in [0, 0.05) is 39.0 Å². The zero-order valence-corrected chi connectivity index (χ0v) is 18.3. The molecule has 0 spiro atoms. The lowest BCUT2D eigenvalue weighted by Gasteiger charge is -2.22. The third-order valence-electron chi connectivity index (χ3n) is 4.94. The molecule has 162 valence electrons. The monoisotopic (exact) mass is 444 g/mol. The number of benzene rings is 1. The number of nitrogens with zero attached hydrogens (tertiary/aromatic N) is 5. The fraction of sp³-hybridized carbons (Fsp3) is 0.250. The number of anilines is 4. The smallest absolute Gasteiger partial charge is 0.295 e. The van der Waals surface area contributed by atoms with Crippen LogP contribution in [0.3, 0.4) is 0 Å². The number of hydrogen-bond acceptors (Lipinski definition) is 7. The molecule has 0 aliphatic heterocycles. The Morgan fingerprint density at radius 2 is 2.00 bits per heavy atom. The van der Waals surface area contributed by atoms with E-state index in [4.69, 9.17) is 0 Å². The van der Waals surface area contributed by atoms with E-state index in [-0.39, 0.29) is 5.65 Å². The molecule has 0 radical (unpaired) electrons. The molecular weight excluding hydrogens is 422 g/mol. The molecule has 3 heterocycles. The number of halogens is 2. The molecule has 0 aliphatic rings. The normalized spacial score (nSPS) is 11.3. The third kappa shape index (κ3) is 4.00. The molecule has 0 bridgehead atoms. The van der Waals surface area contributed by atoms with Gasteiger partial charge in [-0.05, 0) is 12.1 Å². The first-order valence-corrected chi connectivity index (χ1v) is 10.6. The summed E-state index contributed by atoms with van der Waals surface area (Å²) in [4.78, 5) is 15.1. The molecule has 4 rings (SSSR count). The van der Waals surface area contributed by atoms with Gasteiger partial charge in [-0.15, -0.1) is 0 Å². The predicted octanol–water partition coefficient (Wildman–Crippen LogP) is 4.80. The van der Waals surface area contributed by atoms with Crippen LogP contribution in [-0.2, 0) is 7.05 Å². The lowest BCUT2D eigenvalue weighted by atomic mass is 10.1. The zero-order valence-electron chi connectivity index (χ0n) is 17.4. The van der Waals surface area contributed by atoms with Gasteiger partial charge in [-0.3, -0.25) is 0 Å². The lowest BCUT2D eigenvalue weighted by Crippen LogP contribution is -2.09. The number of aromatic nitrogens is 5. The fourth-order valence-electron chi connectivity index (χ4n) is 3.27. The Morgan fingerprint density at radius 1 is 1.19 bits per heavy atom. The van der Waals surface area contributed by atoms with E-state index in [0.717, 1.165) is 22.6 Å². The van der Waals surface area contributed by atoms with Crippen molar-refractivity contribution in [2.45, 2.75) is 6.43 Å². The van der Waals surface area contributed by atoms with Gasteiger partial charge >= 0.3 is 0 Å². The molecule has 3 aromatic heterocycles. The number of rotatable bonds is 7. The summed E-state index contributed by atoms with van der Waals surface area (Å²) in [5.41, 5.74) is 4.97. The van der Waals surface area contributed by atoms with Gasteiger partial charge in [0.15, 0.2) is 11.5 Å². The first-order chi connectivity index (χ1) is 14.9. The number of nitrogens with one attached hydrogen (secondary N) is 3. The lowest BCUT2D eigenvalue weighted by molar-refractivity contribution is 0.142. The van der Waals surface area contributed by atoms with Crippen molar-refractivity contribution in [2.75, 3.05) is 35.3 Å². The zero-order chi connectivity index (χ0) is 22.1. The topological polar surface area (TPSA) is 86.7 Å². The van der Waals surface area contributed by atoms with Crippen molar-refractivity contribution < 1.29 is 8.78 Å². The Labute approximate surface area is 182 Å². The number of alkyl halides is 2. The molecule has 0 unspecified atom stereocenters. The molecule has 0 atom stereocenters. The van der Waals surface area contributed by atoms with Crippen molar-refractivity contribution in [3.63, 3.8) is 0 Å². The Bertz CT molecular complexity index is 1220. The van der Waals surface area contributed by atoms with Crippen LogP contribution in [0.15, 0.2) is 36.8 Å². The Balaban J connectivity index is 1.81. The van der Waals surface area contributed by atoms with Crippen molar-refractivity contribution >= 4 is 46.0 Å². The van der Waals surface area contributed by atoms with Crippen LogP contribution in [0.2, 0.25) is 0 Å². The van der Waals surface area contributed by atoms with E-state index >= 15 is 0 Å². The molecule has 0 aliphatic carbocycles. The van der Waals surface area contributed by atoms with Gasteiger partial charge in [-0.2, -0.15) is 0 Å². The Kier molecular flexibility index (Phi) is 5.68. The van der Waals surface area contributed by atoms with E-state index in [1.807, 2.05) is 47.6 Å². The van der Waals surface area contributed by atoms with Crippen LogP contribution in [0.5, 0.6) is 0 Å². The summed E-state index contributed by atoms with van der Waals surface area (Å²) in [5.74, 6) is 0.111. The first-order valence-electron chi connectivity index (χ1n) is 9.43. The second kappa shape index (κ2) is 8.42. The van der Waals surface area contributed by atoms with Gasteiger partial charge in [-0.1, -0.05) is 18.0 Å². The minimum Gasteiger partial charge on any atom is -0.373 e. The van der Waals surface area contributed by atoms with Gasteiger partial charge < -0.3 is 24.5 Å². The molecule has 0 saturated heterocycles. The van der Waals surface area contributed by atoms with Crippen molar-refractivity contribution in [1.82, 2.24) is 24.5 Å². The highest BCUT2D eigenvalue weighted by molar-refractivity contribution is 7.99. The highest BCUT2D eigenvalue weighted by atomic mass is 32.2. The van der Waals surface area contributed by atoms with Gasteiger partial charge in [0.25, 0.3) is 6.43 Å². The van der Waals surface area contributed by atoms with Crippen LogP contribution < -0.4 is 14.9 Å². The quantitative estimate of drug-likeness (QED) is 0.353. The first kappa shape index (κ1) is 20.9. The average Bonchev–Trinajstić information content (AvgIpc) is 3.39. The summed E-state index contributed by atoms with van der Waals surface area (Å²) in [6.07, 6.45) is 2.84. The molecule has 8 nitrogen and oxygen atoms in total. The summed E-state index contributed by atoms with van der Waals surface area (Å²) in [7, 11) is 5.62. The number of fused-ring (bicyclic) bond motifs is 1. The summed E-state index contributed by atoms with van der Waals surface area (Å²) >= 11 is 1.56. The second-order valence-corrected chi connectivity index (χ2v) is 7.77. The molecule has 0 saturated carbocycles. The number of pyridine rings is 1. The Morgan fingerprint density at radius 3 is 2.65 bits per heavy atom. The molecule has 0 amide bonds. The predicted molar refractivity (Wildman–Crippen MR) is 122 cm³/mol. The van der Waals surface area contributed by atoms with Gasteiger partial charge in [0.2, 0.25) is 0 Å². The molecule has 0 fully saturated rings. The molecule has 1 aromatic carbocycles. The van der Waals surface area contributed by atoms with Gasteiger partial charge in [0.1, 0.15) is 11.3 Å². The average molecular weight is 445 g/mol. The van der Waals surface area contributed by atoms with E-state index < -0.39 is 12.2 Å². The van der Waals surface area contributed by atoms with E-state index in [0.29, 0.717) is 17.0 Å². The summed E-state index contributed by atoms with van der Waals surface area (Å²) < 4.78 is 30.4. The number of aryl methyl sites for hydroxylation is 1. The highest BCUT2D eigenvalue weighted by Crippen LogP contribution is 2.37. The molecular formula is C20H22F2N8S. The maximum Gasteiger partial charge on any atom is 0.295 e. The molecule has 4 aromatic rings. The minimum atomic E-state index is -2.71. The maximum atomic E-state index is 13.2. The van der Waals surface area contributed by atoms with Crippen LogP contribution in [0.1, 0.15) is 12.2 Å². The maximum absolute atomic E-state index is 13.2. The largest absolute Gasteiger partial charge is 0.373 e. The number of imidazole rings is 2. The number of aromatic amines is 1. The van der Waals surface area contributed by atoms with E-state index in [9.17, 15) is 8.78 Å². The number of hydrogen-bond donors (Lipinski definition) is 3. The van der Waals surface area contributed by atoms with Gasteiger partial charge in [0.05, 0.1) is 35.3 Å². The number of H-pyrrole nitrogens is 1.